The molecule has 7 nitrogen and oxygen atoms in total. The Kier molecular flexibility index (Phi) is 10.3. The van der Waals surface area contributed by atoms with Gasteiger partial charge in [-0.15, -0.1) is 0 Å². The second-order valence-electron chi connectivity index (χ2n) is 9.77. The van der Waals surface area contributed by atoms with E-state index in [2.05, 4.69) is 5.32 Å². The second kappa shape index (κ2) is 13.4. The van der Waals surface area contributed by atoms with Crippen molar-refractivity contribution in [1.82, 2.24) is 10.2 Å². The number of sulfonamides is 1. The fourth-order valence-corrected chi connectivity index (χ4v) is 5.93. The largest absolute Gasteiger partial charge is 0.354 e. The lowest BCUT2D eigenvalue weighted by Crippen LogP contribution is -2.52. The van der Waals surface area contributed by atoms with Gasteiger partial charge in [-0.2, -0.15) is 0 Å². The molecule has 0 fully saturated rings. The minimum Gasteiger partial charge on any atom is -0.354 e. The molecule has 0 aliphatic rings. The van der Waals surface area contributed by atoms with Crippen LogP contribution in [0.5, 0.6) is 0 Å². The predicted octanol–water partition coefficient (Wildman–Crippen LogP) is 5.14. The minimum atomic E-state index is -4.08. The van der Waals surface area contributed by atoms with Gasteiger partial charge in [-0.1, -0.05) is 74.0 Å². The van der Waals surface area contributed by atoms with E-state index < -0.39 is 28.5 Å². The van der Waals surface area contributed by atoms with E-state index in [9.17, 15) is 18.0 Å². The van der Waals surface area contributed by atoms with Crippen LogP contribution >= 0.6 is 0 Å². The van der Waals surface area contributed by atoms with Gasteiger partial charge in [0.15, 0.2) is 0 Å². The first-order chi connectivity index (χ1) is 18.6. The topological polar surface area (TPSA) is 86.8 Å². The highest BCUT2D eigenvalue weighted by atomic mass is 32.2. The average Bonchev–Trinajstić information content (AvgIpc) is 2.92. The van der Waals surface area contributed by atoms with Gasteiger partial charge in [0, 0.05) is 13.1 Å². The molecule has 3 aromatic carbocycles. The molecule has 0 unspecified atom stereocenters. The second-order valence-corrected chi connectivity index (χ2v) is 11.6. The van der Waals surface area contributed by atoms with Crippen LogP contribution in [0, 0.1) is 20.8 Å². The van der Waals surface area contributed by atoms with Gasteiger partial charge in [0.2, 0.25) is 11.8 Å². The monoisotopic (exact) mass is 549 g/mol. The van der Waals surface area contributed by atoms with Crippen LogP contribution in [-0.4, -0.2) is 44.3 Å². The van der Waals surface area contributed by atoms with E-state index in [1.165, 1.54) is 4.90 Å². The molecule has 0 aliphatic heterocycles. The van der Waals surface area contributed by atoms with Crippen molar-refractivity contribution in [2.45, 2.75) is 64.9 Å². The van der Waals surface area contributed by atoms with Crippen LogP contribution in [0.25, 0.3) is 0 Å². The summed E-state index contributed by atoms with van der Waals surface area (Å²) in [6.45, 7) is 9.73. The Labute approximate surface area is 232 Å². The highest BCUT2D eigenvalue weighted by Gasteiger charge is 2.34. The van der Waals surface area contributed by atoms with Gasteiger partial charge < -0.3 is 10.2 Å². The van der Waals surface area contributed by atoms with Gasteiger partial charge in [0.25, 0.3) is 10.0 Å². The Morgan fingerprint density at radius 3 is 2.05 bits per heavy atom. The lowest BCUT2D eigenvalue weighted by atomic mass is 10.1. The number of nitrogens with zero attached hydrogens (tertiary/aromatic N) is 2. The molecule has 1 atom stereocenters. The number of rotatable bonds is 12. The summed E-state index contributed by atoms with van der Waals surface area (Å²) in [5, 5.41) is 2.91. The molecule has 8 heteroatoms. The van der Waals surface area contributed by atoms with E-state index >= 15 is 0 Å². The maximum atomic E-state index is 14.1. The molecule has 0 heterocycles. The Morgan fingerprint density at radius 1 is 0.846 bits per heavy atom. The number of carbonyl (C=O) groups is 2. The number of para-hydroxylation sites is 1. The maximum absolute atomic E-state index is 14.1. The van der Waals surface area contributed by atoms with Crippen molar-refractivity contribution in [3.05, 3.63) is 95.1 Å². The van der Waals surface area contributed by atoms with Crippen molar-refractivity contribution in [2.24, 2.45) is 0 Å². The van der Waals surface area contributed by atoms with Crippen molar-refractivity contribution in [1.29, 1.82) is 0 Å². The molecular weight excluding hydrogens is 510 g/mol. The molecule has 0 saturated carbocycles. The third-order valence-electron chi connectivity index (χ3n) is 6.81. The highest BCUT2D eigenvalue weighted by Crippen LogP contribution is 2.28. The van der Waals surface area contributed by atoms with E-state index in [1.54, 1.807) is 36.4 Å². The first kappa shape index (κ1) is 29.9. The molecule has 0 bridgehead atoms. The van der Waals surface area contributed by atoms with E-state index in [0.717, 1.165) is 33.0 Å². The molecule has 208 valence electrons. The maximum Gasteiger partial charge on any atom is 0.264 e. The van der Waals surface area contributed by atoms with Crippen LogP contribution in [-0.2, 0) is 26.2 Å². The summed E-state index contributed by atoms with van der Waals surface area (Å²) in [7, 11) is -4.08. The third-order valence-corrected chi connectivity index (χ3v) is 8.58. The number of nitrogens with one attached hydrogen (secondary N) is 1. The summed E-state index contributed by atoms with van der Waals surface area (Å²) in [6, 6.07) is 20.6. The minimum absolute atomic E-state index is 0.0994. The normalized spacial score (nSPS) is 12.0. The van der Waals surface area contributed by atoms with Crippen molar-refractivity contribution in [2.75, 3.05) is 17.4 Å². The zero-order valence-electron chi connectivity index (χ0n) is 23.5. The van der Waals surface area contributed by atoms with Crippen LogP contribution in [0.4, 0.5) is 5.69 Å². The quantitative estimate of drug-likeness (QED) is 0.339. The standard InChI is InChI=1S/C31H39N3O4S/c1-6-20-32-31(36)28(7-2)33(21-26-14-10-8-12-24(26)4)30(35)22-34(29-15-11-9-13-25(29)5)39(37,38)27-18-16-23(3)17-19-27/h8-19,28H,6-7,20-22H2,1-5H3,(H,32,36)/t28-/m0/s1. The van der Waals surface area contributed by atoms with Gasteiger partial charge in [-0.3, -0.25) is 13.9 Å². The molecular formula is C31H39N3O4S. The third kappa shape index (κ3) is 7.26. The molecule has 0 aromatic heterocycles. The van der Waals surface area contributed by atoms with Crippen molar-refractivity contribution < 1.29 is 18.0 Å². The van der Waals surface area contributed by atoms with Crippen molar-refractivity contribution in [3.63, 3.8) is 0 Å². The number of amides is 2. The Hall–Kier alpha value is -3.65. The van der Waals surface area contributed by atoms with E-state index in [4.69, 9.17) is 0 Å². The Morgan fingerprint density at radius 2 is 1.46 bits per heavy atom. The zero-order valence-corrected chi connectivity index (χ0v) is 24.3. The number of benzene rings is 3. The first-order valence-electron chi connectivity index (χ1n) is 13.4. The van der Waals surface area contributed by atoms with Crippen LogP contribution in [0.1, 0.15) is 48.9 Å². The van der Waals surface area contributed by atoms with Crippen molar-refractivity contribution in [3.8, 4) is 0 Å². The van der Waals surface area contributed by atoms with Crippen LogP contribution < -0.4 is 9.62 Å². The van der Waals surface area contributed by atoms with Gasteiger partial charge >= 0.3 is 0 Å². The van der Waals surface area contributed by atoms with Crippen LogP contribution in [0.3, 0.4) is 0 Å². The molecule has 3 aromatic rings. The summed E-state index contributed by atoms with van der Waals surface area (Å²) in [5.41, 5.74) is 3.96. The van der Waals surface area contributed by atoms with Crippen LogP contribution in [0.15, 0.2) is 77.7 Å². The number of aryl methyl sites for hydroxylation is 3. The molecule has 3 rings (SSSR count). The molecule has 2 amide bonds. The Balaban J connectivity index is 2.07. The van der Waals surface area contributed by atoms with Gasteiger partial charge in [0.05, 0.1) is 10.6 Å². The summed E-state index contributed by atoms with van der Waals surface area (Å²) in [6.07, 6.45) is 1.16. The zero-order chi connectivity index (χ0) is 28.6. The molecule has 0 saturated heterocycles. The molecule has 39 heavy (non-hydrogen) atoms. The van der Waals surface area contributed by atoms with Crippen LogP contribution in [0.2, 0.25) is 0 Å². The fraction of sp³-hybridized carbons (Fsp3) is 0.355. The number of hydrogen-bond donors (Lipinski definition) is 1. The lowest BCUT2D eigenvalue weighted by molar-refractivity contribution is -0.140. The summed E-state index contributed by atoms with van der Waals surface area (Å²) in [4.78, 5) is 28.9. The first-order valence-corrected chi connectivity index (χ1v) is 14.8. The summed E-state index contributed by atoms with van der Waals surface area (Å²) >= 11 is 0. The molecule has 0 spiro atoms. The number of carbonyl (C=O) groups excluding carboxylic acids is 2. The summed E-state index contributed by atoms with van der Waals surface area (Å²) in [5.74, 6) is -0.694. The number of anilines is 1. The Bertz CT molecular complexity index is 1390. The molecule has 0 aliphatic carbocycles. The van der Waals surface area contributed by atoms with Gasteiger partial charge in [-0.25, -0.2) is 8.42 Å². The van der Waals surface area contributed by atoms with Gasteiger partial charge in [0.1, 0.15) is 12.6 Å². The fourth-order valence-electron chi connectivity index (χ4n) is 4.45. The lowest BCUT2D eigenvalue weighted by Gasteiger charge is -2.34. The predicted molar refractivity (Wildman–Crippen MR) is 156 cm³/mol. The van der Waals surface area contributed by atoms with Crippen molar-refractivity contribution >= 4 is 27.5 Å². The smallest absolute Gasteiger partial charge is 0.264 e. The summed E-state index contributed by atoms with van der Waals surface area (Å²) < 4.78 is 29.1. The van der Waals surface area contributed by atoms with E-state index in [1.807, 2.05) is 71.0 Å². The number of hydrogen-bond acceptors (Lipinski definition) is 4. The molecule has 1 N–H and O–H groups in total. The molecule has 0 radical (unpaired) electrons. The van der Waals surface area contributed by atoms with E-state index in [0.29, 0.717) is 18.7 Å². The van der Waals surface area contributed by atoms with Gasteiger partial charge in [-0.05, 0) is 68.5 Å². The average molecular weight is 550 g/mol. The highest BCUT2D eigenvalue weighted by molar-refractivity contribution is 7.92. The SMILES string of the molecule is CCCNC(=O)[C@H](CC)N(Cc1ccccc1C)C(=O)CN(c1ccccc1C)S(=O)(=O)c1ccc(C)cc1. The van der Waals surface area contributed by atoms with E-state index in [-0.39, 0.29) is 17.3 Å².